The Morgan fingerprint density at radius 1 is 1.44 bits per heavy atom. The lowest BCUT2D eigenvalue weighted by atomic mass is 10.0. The molecule has 1 rings (SSSR count). The number of hydrogen-bond donors (Lipinski definition) is 3. The normalized spacial score (nSPS) is 12.2. The summed E-state index contributed by atoms with van der Waals surface area (Å²) in [5.74, 6) is -0.224. The molecule has 1 aromatic heterocycles. The lowest BCUT2D eigenvalue weighted by Crippen LogP contribution is -2.51. The Hall–Kier alpha value is -1.56. The van der Waals surface area contributed by atoms with Crippen molar-refractivity contribution in [3.8, 4) is 0 Å². The average molecular weight is 269 g/mol. The van der Waals surface area contributed by atoms with E-state index >= 15 is 0 Å². The minimum atomic E-state index is -0.684. The largest absolute Gasteiger partial charge is 0.352 e. The second-order valence-corrected chi connectivity index (χ2v) is 5.48. The number of thiophene rings is 1. The number of amides is 3. The van der Waals surface area contributed by atoms with Crippen LogP contribution in [0.15, 0.2) is 11.4 Å². The molecule has 18 heavy (non-hydrogen) atoms. The molecule has 4 N–H and O–H groups in total. The molecule has 0 spiro atoms. The van der Waals surface area contributed by atoms with E-state index in [9.17, 15) is 9.59 Å². The highest BCUT2D eigenvalue weighted by molar-refractivity contribution is 7.10. The summed E-state index contributed by atoms with van der Waals surface area (Å²) in [7, 11) is 0. The number of nitrogens with one attached hydrogen (secondary N) is 2. The van der Waals surface area contributed by atoms with E-state index in [-0.39, 0.29) is 11.8 Å². The van der Waals surface area contributed by atoms with Gasteiger partial charge in [-0.05, 0) is 29.9 Å². The van der Waals surface area contributed by atoms with Crippen molar-refractivity contribution < 1.29 is 9.59 Å². The van der Waals surface area contributed by atoms with Crippen molar-refractivity contribution in [2.75, 3.05) is 0 Å². The van der Waals surface area contributed by atoms with Gasteiger partial charge in [0.2, 0.25) is 5.91 Å². The van der Waals surface area contributed by atoms with E-state index in [0.717, 1.165) is 10.4 Å². The van der Waals surface area contributed by atoms with Crippen LogP contribution in [-0.4, -0.2) is 18.0 Å². The number of primary amides is 1. The first-order chi connectivity index (χ1) is 8.41. The van der Waals surface area contributed by atoms with Crippen LogP contribution < -0.4 is 16.4 Å². The highest BCUT2D eigenvalue weighted by Crippen LogP contribution is 2.15. The van der Waals surface area contributed by atoms with Crippen LogP contribution in [0.2, 0.25) is 0 Å². The number of aryl methyl sites for hydroxylation is 1. The van der Waals surface area contributed by atoms with Crippen molar-refractivity contribution in [1.82, 2.24) is 10.6 Å². The lowest BCUT2D eigenvalue weighted by molar-refractivity contribution is -0.124. The first-order valence-electron chi connectivity index (χ1n) is 5.78. The Labute approximate surface area is 111 Å². The molecule has 0 aliphatic carbocycles. The molecule has 0 aliphatic heterocycles. The quantitative estimate of drug-likeness (QED) is 0.754. The Bertz CT molecular complexity index is 429. The molecule has 0 aliphatic rings. The molecule has 5 nitrogen and oxygen atoms in total. The first-order valence-corrected chi connectivity index (χ1v) is 6.66. The summed E-state index contributed by atoms with van der Waals surface area (Å²) in [6.07, 6.45) is 0. The molecule has 0 aromatic carbocycles. The van der Waals surface area contributed by atoms with Gasteiger partial charge in [0.1, 0.15) is 6.04 Å². The Morgan fingerprint density at radius 3 is 2.56 bits per heavy atom. The minimum absolute atomic E-state index is 0.0121. The number of carbonyl (C=O) groups excluding carboxylic acids is 2. The summed E-state index contributed by atoms with van der Waals surface area (Å²) in [4.78, 5) is 23.9. The predicted octanol–water partition coefficient (Wildman–Crippen LogP) is 1.37. The van der Waals surface area contributed by atoms with Gasteiger partial charge in [-0.2, -0.15) is 0 Å². The van der Waals surface area contributed by atoms with Gasteiger partial charge in [0.25, 0.3) is 0 Å². The van der Waals surface area contributed by atoms with Gasteiger partial charge in [-0.25, -0.2) is 4.79 Å². The van der Waals surface area contributed by atoms with E-state index in [1.807, 2.05) is 32.2 Å². The van der Waals surface area contributed by atoms with Crippen LogP contribution in [0.25, 0.3) is 0 Å². The maximum absolute atomic E-state index is 11.9. The van der Waals surface area contributed by atoms with E-state index in [1.165, 1.54) is 0 Å². The van der Waals surface area contributed by atoms with E-state index in [4.69, 9.17) is 5.73 Å². The maximum Gasteiger partial charge on any atom is 0.312 e. The second-order valence-electron chi connectivity index (χ2n) is 4.47. The summed E-state index contributed by atoms with van der Waals surface area (Å²) >= 11 is 1.60. The fourth-order valence-corrected chi connectivity index (χ4v) is 2.40. The second kappa shape index (κ2) is 6.39. The van der Waals surface area contributed by atoms with Crippen LogP contribution in [0.1, 0.15) is 24.3 Å². The van der Waals surface area contributed by atoms with Gasteiger partial charge in [0.15, 0.2) is 0 Å². The highest BCUT2D eigenvalue weighted by atomic mass is 32.1. The van der Waals surface area contributed by atoms with Gasteiger partial charge in [-0.3, -0.25) is 4.79 Å². The molecule has 100 valence electrons. The Balaban J connectivity index is 2.57. The van der Waals surface area contributed by atoms with Crippen LogP contribution in [0, 0.1) is 12.8 Å². The van der Waals surface area contributed by atoms with Crippen LogP contribution in [0.5, 0.6) is 0 Å². The molecule has 1 heterocycles. The van der Waals surface area contributed by atoms with Crippen molar-refractivity contribution in [3.63, 3.8) is 0 Å². The Kier molecular flexibility index (Phi) is 5.15. The van der Waals surface area contributed by atoms with Gasteiger partial charge >= 0.3 is 6.03 Å². The zero-order valence-corrected chi connectivity index (χ0v) is 11.6. The van der Waals surface area contributed by atoms with Gasteiger partial charge in [-0.15, -0.1) is 11.3 Å². The van der Waals surface area contributed by atoms with Gasteiger partial charge < -0.3 is 16.4 Å². The topological polar surface area (TPSA) is 84.2 Å². The SMILES string of the molecule is Cc1ccsc1CNC(=O)[C@H](NC(N)=O)C(C)C. The predicted molar refractivity (Wildman–Crippen MR) is 72.2 cm³/mol. The van der Waals surface area contributed by atoms with Crippen molar-refractivity contribution in [3.05, 3.63) is 21.9 Å². The summed E-state index contributed by atoms with van der Waals surface area (Å²) in [6.45, 7) is 6.19. The molecule has 1 atom stereocenters. The number of nitrogens with two attached hydrogens (primary N) is 1. The van der Waals surface area contributed by atoms with Crippen molar-refractivity contribution in [1.29, 1.82) is 0 Å². The molecule has 0 saturated heterocycles. The molecule has 0 saturated carbocycles. The smallest absolute Gasteiger partial charge is 0.312 e. The minimum Gasteiger partial charge on any atom is -0.352 e. The summed E-state index contributed by atoms with van der Waals surface area (Å²) in [5, 5.41) is 7.25. The fraction of sp³-hybridized carbons (Fsp3) is 0.500. The van der Waals surface area contributed by atoms with Crippen LogP contribution in [0.4, 0.5) is 4.79 Å². The van der Waals surface area contributed by atoms with Crippen molar-refractivity contribution in [2.24, 2.45) is 11.7 Å². The Morgan fingerprint density at radius 2 is 2.11 bits per heavy atom. The van der Waals surface area contributed by atoms with E-state index in [1.54, 1.807) is 11.3 Å². The molecular weight excluding hydrogens is 250 g/mol. The standard InChI is InChI=1S/C12H19N3O2S/c1-7(2)10(15-12(13)17)11(16)14-6-9-8(3)4-5-18-9/h4-5,7,10H,6H2,1-3H3,(H,14,16)(H3,13,15,17)/t10-/m1/s1. The monoisotopic (exact) mass is 269 g/mol. The summed E-state index contributed by atoms with van der Waals surface area (Å²) < 4.78 is 0. The number of rotatable bonds is 5. The first kappa shape index (κ1) is 14.5. The lowest BCUT2D eigenvalue weighted by Gasteiger charge is -2.20. The maximum atomic E-state index is 11.9. The van der Waals surface area contributed by atoms with Crippen molar-refractivity contribution >= 4 is 23.3 Å². The van der Waals surface area contributed by atoms with Crippen molar-refractivity contribution in [2.45, 2.75) is 33.4 Å². The van der Waals surface area contributed by atoms with Crippen LogP contribution in [-0.2, 0) is 11.3 Å². The molecule has 0 unspecified atom stereocenters. The van der Waals surface area contributed by atoms with Crippen LogP contribution >= 0.6 is 11.3 Å². The fourth-order valence-electron chi connectivity index (χ4n) is 1.55. The van der Waals surface area contributed by atoms with E-state index < -0.39 is 12.1 Å². The third kappa shape index (κ3) is 4.03. The van der Waals surface area contributed by atoms with Gasteiger partial charge in [0.05, 0.1) is 6.54 Å². The third-order valence-electron chi connectivity index (χ3n) is 2.64. The highest BCUT2D eigenvalue weighted by Gasteiger charge is 2.23. The van der Waals surface area contributed by atoms with Crippen LogP contribution in [0.3, 0.4) is 0 Å². The van der Waals surface area contributed by atoms with E-state index in [0.29, 0.717) is 6.54 Å². The zero-order valence-electron chi connectivity index (χ0n) is 10.8. The average Bonchev–Trinajstić information content (AvgIpc) is 2.68. The molecule has 6 heteroatoms. The molecular formula is C12H19N3O2S. The van der Waals surface area contributed by atoms with Gasteiger partial charge in [-0.1, -0.05) is 13.8 Å². The molecule has 0 fully saturated rings. The molecule has 0 radical (unpaired) electrons. The molecule has 0 bridgehead atoms. The zero-order chi connectivity index (χ0) is 13.7. The molecule has 3 amide bonds. The summed E-state index contributed by atoms with van der Waals surface area (Å²) in [5.41, 5.74) is 6.21. The van der Waals surface area contributed by atoms with Gasteiger partial charge in [0, 0.05) is 4.88 Å². The molecule has 1 aromatic rings. The number of carbonyl (C=O) groups is 2. The number of urea groups is 1. The number of hydrogen-bond acceptors (Lipinski definition) is 3. The third-order valence-corrected chi connectivity index (χ3v) is 3.66. The summed E-state index contributed by atoms with van der Waals surface area (Å²) in [6, 6.07) is 0.729. The van der Waals surface area contributed by atoms with E-state index in [2.05, 4.69) is 10.6 Å².